The minimum Gasteiger partial charge on any atom is -0.490 e. The summed E-state index contributed by atoms with van der Waals surface area (Å²) in [5.41, 5.74) is 2.01. The van der Waals surface area contributed by atoms with E-state index in [1.807, 2.05) is 30.3 Å². The number of anilines is 1. The van der Waals surface area contributed by atoms with Gasteiger partial charge in [-0.15, -0.1) is 21.5 Å². The van der Waals surface area contributed by atoms with Gasteiger partial charge in [-0.3, -0.25) is 4.79 Å². The highest BCUT2D eigenvalue weighted by Gasteiger charge is 2.17. The Balaban J connectivity index is 1.03. The molecule has 0 radical (unpaired) electrons. The number of carbonyl (C=O) groups excluding carboxylic acids is 1. The van der Waals surface area contributed by atoms with Crippen molar-refractivity contribution in [3.05, 3.63) is 86.8 Å². The van der Waals surface area contributed by atoms with Crippen molar-refractivity contribution in [1.82, 2.24) is 20.5 Å². The van der Waals surface area contributed by atoms with E-state index in [4.69, 9.17) is 14.1 Å². The second-order valence-electron chi connectivity index (χ2n) is 9.56. The molecule has 38 heavy (non-hydrogen) atoms. The van der Waals surface area contributed by atoms with Crippen molar-refractivity contribution in [2.24, 2.45) is 0 Å². The van der Waals surface area contributed by atoms with Crippen LogP contribution in [0.15, 0.2) is 59.0 Å². The van der Waals surface area contributed by atoms with Crippen LogP contribution in [0.25, 0.3) is 12.2 Å². The average molecular weight is 528 g/mol. The van der Waals surface area contributed by atoms with E-state index in [1.54, 1.807) is 11.3 Å². The van der Waals surface area contributed by atoms with E-state index in [0.717, 1.165) is 48.5 Å². The van der Waals surface area contributed by atoms with E-state index >= 15 is 0 Å². The van der Waals surface area contributed by atoms with Crippen LogP contribution in [-0.2, 0) is 17.6 Å². The molecular weight excluding hydrogens is 498 g/mol. The molecule has 1 amide bonds. The number of fused-ring (bicyclic) bond motifs is 1. The molecule has 2 aliphatic rings. The van der Waals surface area contributed by atoms with Crippen LogP contribution in [0, 0.1) is 0 Å². The molecule has 8 nitrogen and oxygen atoms in total. The van der Waals surface area contributed by atoms with Crippen LogP contribution in [0.1, 0.15) is 47.5 Å². The first kappa shape index (κ1) is 24.5. The van der Waals surface area contributed by atoms with Gasteiger partial charge < -0.3 is 19.8 Å². The van der Waals surface area contributed by atoms with Crippen LogP contribution in [0.4, 0.5) is 5.69 Å². The summed E-state index contributed by atoms with van der Waals surface area (Å²) in [5.74, 6) is 1.70. The molecule has 0 bridgehead atoms. The van der Waals surface area contributed by atoms with Gasteiger partial charge in [0.2, 0.25) is 17.7 Å². The Hall–Kier alpha value is -3.82. The molecule has 1 unspecified atom stereocenters. The number of piperidine rings is 1. The van der Waals surface area contributed by atoms with Crippen LogP contribution >= 0.6 is 11.3 Å². The minimum atomic E-state index is -0.215. The molecule has 2 aromatic heterocycles. The number of carbonyl (C=O) groups is 1. The summed E-state index contributed by atoms with van der Waals surface area (Å²) in [7, 11) is 0. The zero-order chi connectivity index (χ0) is 25.7. The number of ether oxygens (including phenoxy) is 1. The summed E-state index contributed by atoms with van der Waals surface area (Å²) in [6.07, 6.45) is 8.12. The highest BCUT2D eigenvalue weighted by molar-refractivity contribution is 7.09. The Bertz CT molecular complexity index is 1510. The SMILES string of the molecule is O=C(Cc1nnc(Cc2nc3c(s2)=CC(c2ccccc2)CC=3)o1)Nc1ccc(OC2CCNCC2)cc1. The number of thiazole rings is 1. The number of nitrogens with zero attached hydrogens (tertiary/aromatic N) is 3. The van der Waals surface area contributed by atoms with E-state index in [-0.39, 0.29) is 24.3 Å². The third-order valence-corrected chi connectivity index (χ3v) is 7.76. The van der Waals surface area contributed by atoms with E-state index in [0.29, 0.717) is 23.9 Å². The molecule has 2 aromatic carbocycles. The van der Waals surface area contributed by atoms with Crippen LogP contribution in [0.3, 0.4) is 0 Å². The lowest BCUT2D eigenvalue weighted by molar-refractivity contribution is -0.115. The molecule has 194 valence electrons. The van der Waals surface area contributed by atoms with Crippen molar-refractivity contribution in [2.75, 3.05) is 18.4 Å². The Morgan fingerprint density at radius 2 is 1.84 bits per heavy atom. The summed E-state index contributed by atoms with van der Waals surface area (Å²) in [6, 6.07) is 18.0. The number of hydrogen-bond donors (Lipinski definition) is 2. The maximum Gasteiger partial charge on any atom is 0.233 e. The molecule has 0 saturated carbocycles. The summed E-state index contributed by atoms with van der Waals surface area (Å²) < 4.78 is 13.0. The third-order valence-electron chi connectivity index (χ3n) is 6.72. The number of nitrogens with one attached hydrogen (secondary N) is 2. The number of hydrogen-bond acceptors (Lipinski definition) is 8. The van der Waals surface area contributed by atoms with Gasteiger partial charge in [0.15, 0.2) is 0 Å². The number of rotatable bonds is 8. The summed E-state index contributed by atoms with van der Waals surface area (Å²) in [5, 5.41) is 16.3. The lowest BCUT2D eigenvalue weighted by Crippen LogP contribution is -2.34. The number of amides is 1. The fourth-order valence-electron chi connectivity index (χ4n) is 4.78. The minimum absolute atomic E-state index is 0.00893. The largest absolute Gasteiger partial charge is 0.490 e. The van der Waals surface area contributed by atoms with Gasteiger partial charge in [-0.2, -0.15) is 0 Å². The summed E-state index contributed by atoms with van der Waals surface area (Å²) in [6.45, 7) is 1.96. The average Bonchev–Trinajstić information content (AvgIpc) is 3.56. The van der Waals surface area contributed by atoms with Gasteiger partial charge in [0.25, 0.3) is 0 Å². The van der Waals surface area contributed by atoms with Gasteiger partial charge >= 0.3 is 0 Å². The molecule has 1 atom stereocenters. The predicted octanol–water partition coefficient (Wildman–Crippen LogP) is 3.18. The Kier molecular flexibility index (Phi) is 7.28. The smallest absolute Gasteiger partial charge is 0.233 e. The topological polar surface area (TPSA) is 102 Å². The highest BCUT2D eigenvalue weighted by Crippen LogP contribution is 2.23. The van der Waals surface area contributed by atoms with E-state index in [1.165, 1.54) is 10.1 Å². The Morgan fingerprint density at radius 3 is 2.66 bits per heavy atom. The first-order valence-corrected chi connectivity index (χ1v) is 13.8. The monoisotopic (exact) mass is 527 g/mol. The van der Waals surface area contributed by atoms with Gasteiger partial charge in [-0.25, -0.2) is 4.98 Å². The molecule has 9 heteroatoms. The van der Waals surface area contributed by atoms with Crippen molar-refractivity contribution in [2.45, 2.75) is 44.1 Å². The van der Waals surface area contributed by atoms with Crippen molar-refractivity contribution in [3.8, 4) is 5.75 Å². The summed E-state index contributed by atoms with van der Waals surface area (Å²) in [4.78, 5) is 17.3. The van der Waals surface area contributed by atoms with Gasteiger partial charge in [0.1, 0.15) is 23.3 Å². The Morgan fingerprint density at radius 1 is 1.05 bits per heavy atom. The zero-order valence-electron chi connectivity index (χ0n) is 20.9. The van der Waals surface area contributed by atoms with Crippen LogP contribution in [-0.4, -0.2) is 40.3 Å². The summed E-state index contributed by atoms with van der Waals surface area (Å²) >= 11 is 1.65. The molecule has 4 aromatic rings. The molecule has 1 aliphatic heterocycles. The molecule has 0 spiro atoms. The molecule has 1 saturated heterocycles. The maximum atomic E-state index is 12.5. The normalized spacial score (nSPS) is 17.2. The highest BCUT2D eigenvalue weighted by atomic mass is 32.1. The van der Waals surface area contributed by atoms with Crippen molar-refractivity contribution >= 4 is 35.1 Å². The first-order valence-electron chi connectivity index (χ1n) is 13.0. The molecule has 3 heterocycles. The predicted molar refractivity (Wildman–Crippen MR) is 146 cm³/mol. The molecule has 1 aliphatic carbocycles. The molecule has 6 rings (SSSR count). The van der Waals surface area contributed by atoms with E-state index in [9.17, 15) is 4.79 Å². The fraction of sp³-hybridized carbons (Fsp3) is 0.310. The number of aromatic nitrogens is 3. The van der Waals surface area contributed by atoms with Crippen LogP contribution in [0.5, 0.6) is 5.75 Å². The standard InChI is InChI=1S/C29H29N5O3S/c35-26(31-21-7-9-22(10-8-21)36-23-12-14-30-15-13-23)17-27-33-34-28(37-27)18-29-32-24-11-6-20(16-25(24)38-29)19-4-2-1-3-5-19/h1-5,7-11,16,20,23,30H,6,12-15,17-18H2,(H,31,35). The van der Waals surface area contributed by atoms with E-state index < -0.39 is 0 Å². The van der Waals surface area contributed by atoms with Crippen LogP contribution < -0.4 is 25.3 Å². The molecular formula is C29H29N5O3S. The van der Waals surface area contributed by atoms with Gasteiger partial charge in [0, 0.05) is 11.6 Å². The van der Waals surface area contributed by atoms with Gasteiger partial charge in [0.05, 0.1) is 16.3 Å². The zero-order valence-corrected chi connectivity index (χ0v) is 21.7. The second-order valence-corrected chi connectivity index (χ2v) is 10.7. The number of benzene rings is 2. The van der Waals surface area contributed by atoms with Crippen molar-refractivity contribution in [1.29, 1.82) is 0 Å². The maximum absolute atomic E-state index is 12.5. The van der Waals surface area contributed by atoms with Crippen molar-refractivity contribution in [3.63, 3.8) is 0 Å². The molecule has 1 fully saturated rings. The fourth-order valence-corrected chi connectivity index (χ4v) is 5.84. The lowest BCUT2D eigenvalue weighted by Gasteiger charge is -2.23. The molecule has 2 N–H and O–H groups in total. The quantitative estimate of drug-likeness (QED) is 0.363. The van der Waals surface area contributed by atoms with Crippen LogP contribution in [0.2, 0.25) is 0 Å². The third kappa shape index (κ3) is 6.00. The Labute approximate surface area is 224 Å². The van der Waals surface area contributed by atoms with Crippen molar-refractivity contribution < 1.29 is 13.9 Å². The second kappa shape index (κ2) is 11.3. The first-order chi connectivity index (χ1) is 18.7. The van der Waals surface area contributed by atoms with Gasteiger partial charge in [-0.05, 0) is 62.2 Å². The lowest BCUT2D eigenvalue weighted by atomic mass is 9.93. The van der Waals surface area contributed by atoms with E-state index in [2.05, 4.69) is 57.2 Å². The van der Waals surface area contributed by atoms with Gasteiger partial charge in [-0.1, -0.05) is 42.5 Å².